The van der Waals surface area contributed by atoms with Gasteiger partial charge in [-0.15, -0.1) is 0 Å². The van der Waals surface area contributed by atoms with Crippen LogP contribution in [-0.4, -0.2) is 45.2 Å². The number of aromatic nitrogens is 2. The van der Waals surface area contributed by atoms with Crippen molar-refractivity contribution in [2.24, 2.45) is 5.92 Å². The molecule has 8 nitrogen and oxygen atoms in total. The Kier molecular flexibility index (Phi) is 3.73. The number of carbonyl (C=O) groups is 2. The number of nitrogens with one attached hydrogen (secondary N) is 1. The van der Waals surface area contributed by atoms with Gasteiger partial charge in [-0.05, 0) is 6.42 Å². The van der Waals surface area contributed by atoms with E-state index in [2.05, 4.69) is 15.5 Å². The predicted molar refractivity (Wildman–Crippen MR) is 76.1 cm³/mol. The molecule has 0 aliphatic carbocycles. The zero-order valence-corrected chi connectivity index (χ0v) is 11.6. The van der Waals surface area contributed by atoms with Gasteiger partial charge in [-0.1, -0.05) is 35.5 Å². The SMILES string of the molecule is O=C(O)C1CCN(C(=O)Nc2nc(-c3ccccc3)no2)C1. The molecule has 2 amide bonds. The van der Waals surface area contributed by atoms with Gasteiger partial charge in [-0.2, -0.15) is 4.98 Å². The minimum atomic E-state index is -0.889. The monoisotopic (exact) mass is 302 g/mol. The van der Waals surface area contributed by atoms with E-state index in [4.69, 9.17) is 9.63 Å². The van der Waals surface area contributed by atoms with Crippen LogP contribution >= 0.6 is 0 Å². The lowest BCUT2D eigenvalue weighted by molar-refractivity contribution is -0.141. The van der Waals surface area contributed by atoms with Crippen LogP contribution in [-0.2, 0) is 4.79 Å². The molecule has 2 aromatic rings. The second-order valence-corrected chi connectivity index (χ2v) is 4.99. The molecule has 1 fully saturated rings. The Morgan fingerprint density at radius 1 is 1.32 bits per heavy atom. The highest BCUT2D eigenvalue weighted by Gasteiger charge is 2.31. The zero-order valence-electron chi connectivity index (χ0n) is 11.6. The predicted octanol–water partition coefficient (Wildman–Crippen LogP) is 1.67. The van der Waals surface area contributed by atoms with Gasteiger partial charge in [0, 0.05) is 18.7 Å². The van der Waals surface area contributed by atoms with Crippen molar-refractivity contribution >= 4 is 18.0 Å². The molecule has 8 heteroatoms. The molecule has 0 radical (unpaired) electrons. The van der Waals surface area contributed by atoms with Gasteiger partial charge in [-0.3, -0.25) is 10.1 Å². The maximum absolute atomic E-state index is 12.0. The van der Waals surface area contributed by atoms with Gasteiger partial charge in [0.05, 0.1) is 5.92 Å². The molecule has 1 atom stereocenters. The summed E-state index contributed by atoms with van der Waals surface area (Å²) in [5.74, 6) is -1.03. The minimum absolute atomic E-state index is 0.0115. The van der Waals surface area contributed by atoms with Crippen LogP contribution in [0.5, 0.6) is 0 Å². The van der Waals surface area contributed by atoms with E-state index in [1.165, 1.54) is 4.90 Å². The van der Waals surface area contributed by atoms with Crippen molar-refractivity contribution in [3.05, 3.63) is 30.3 Å². The third-order valence-electron chi connectivity index (χ3n) is 3.50. The lowest BCUT2D eigenvalue weighted by atomic mass is 10.1. The summed E-state index contributed by atoms with van der Waals surface area (Å²) < 4.78 is 4.99. The van der Waals surface area contributed by atoms with Crippen molar-refractivity contribution < 1.29 is 19.2 Å². The second kappa shape index (κ2) is 5.84. The number of hydrogen-bond donors (Lipinski definition) is 2. The number of likely N-dealkylation sites (tertiary alicyclic amines) is 1. The van der Waals surface area contributed by atoms with Crippen LogP contribution in [0.15, 0.2) is 34.9 Å². The molecule has 22 heavy (non-hydrogen) atoms. The normalized spacial score (nSPS) is 17.5. The fraction of sp³-hybridized carbons (Fsp3) is 0.286. The first-order valence-electron chi connectivity index (χ1n) is 6.81. The van der Waals surface area contributed by atoms with Gasteiger partial charge >= 0.3 is 18.0 Å². The van der Waals surface area contributed by atoms with E-state index < -0.39 is 17.9 Å². The summed E-state index contributed by atoms with van der Waals surface area (Å²) in [6.45, 7) is 0.573. The van der Waals surface area contributed by atoms with E-state index in [0.29, 0.717) is 18.8 Å². The molecule has 1 saturated heterocycles. The lowest BCUT2D eigenvalue weighted by Crippen LogP contribution is -2.33. The molecule has 0 bridgehead atoms. The Morgan fingerprint density at radius 2 is 2.09 bits per heavy atom. The van der Waals surface area contributed by atoms with Crippen molar-refractivity contribution in [3.8, 4) is 11.4 Å². The summed E-state index contributed by atoms with van der Waals surface area (Å²) in [5, 5.41) is 15.2. The fourth-order valence-corrected chi connectivity index (χ4v) is 2.30. The molecule has 0 saturated carbocycles. The molecule has 3 rings (SSSR count). The Labute approximate surface area is 125 Å². The quantitative estimate of drug-likeness (QED) is 0.892. The second-order valence-electron chi connectivity index (χ2n) is 4.99. The number of carbonyl (C=O) groups excluding carboxylic acids is 1. The first-order valence-corrected chi connectivity index (χ1v) is 6.81. The number of urea groups is 1. The van der Waals surface area contributed by atoms with Gasteiger partial charge in [0.2, 0.25) is 5.82 Å². The molecule has 1 aromatic heterocycles. The lowest BCUT2D eigenvalue weighted by Gasteiger charge is -2.14. The van der Waals surface area contributed by atoms with Crippen LogP contribution < -0.4 is 5.32 Å². The molecule has 1 aromatic carbocycles. The number of hydrogen-bond acceptors (Lipinski definition) is 5. The Bertz CT molecular complexity index is 685. The number of benzene rings is 1. The zero-order chi connectivity index (χ0) is 15.5. The average Bonchev–Trinajstić information content (AvgIpc) is 3.17. The van der Waals surface area contributed by atoms with Crippen LogP contribution in [0.3, 0.4) is 0 Å². The summed E-state index contributed by atoms with van der Waals surface area (Å²) in [6, 6.07) is 8.77. The molecule has 114 valence electrons. The summed E-state index contributed by atoms with van der Waals surface area (Å²) in [4.78, 5) is 28.4. The number of nitrogens with zero attached hydrogens (tertiary/aromatic N) is 3. The first-order chi connectivity index (χ1) is 10.6. The molecule has 2 N–H and O–H groups in total. The molecule has 0 spiro atoms. The highest BCUT2D eigenvalue weighted by atomic mass is 16.5. The maximum atomic E-state index is 12.0. The van der Waals surface area contributed by atoms with E-state index >= 15 is 0 Å². The van der Waals surface area contributed by atoms with E-state index in [9.17, 15) is 9.59 Å². The van der Waals surface area contributed by atoms with Crippen LogP contribution in [0.4, 0.5) is 10.8 Å². The summed E-state index contributed by atoms with van der Waals surface area (Å²) in [5.41, 5.74) is 0.777. The van der Waals surface area contributed by atoms with Crippen molar-refractivity contribution in [2.45, 2.75) is 6.42 Å². The summed E-state index contributed by atoms with van der Waals surface area (Å²) in [6.07, 6.45) is 0.446. The smallest absolute Gasteiger partial charge is 0.329 e. The highest BCUT2D eigenvalue weighted by molar-refractivity contribution is 5.88. The Morgan fingerprint density at radius 3 is 2.77 bits per heavy atom. The minimum Gasteiger partial charge on any atom is -0.481 e. The molecule has 1 unspecified atom stereocenters. The highest BCUT2D eigenvalue weighted by Crippen LogP contribution is 2.19. The largest absolute Gasteiger partial charge is 0.481 e. The van der Waals surface area contributed by atoms with Gasteiger partial charge in [-0.25, -0.2) is 4.79 Å². The van der Waals surface area contributed by atoms with Crippen molar-refractivity contribution in [1.29, 1.82) is 0 Å². The van der Waals surface area contributed by atoms with Crippen LogP contribution in [0.25, 0.3) is 11.4 Å². The molecular formula is C14H14N4O4. The number of anilines is 1. The van der Waals surface area contributed by atoms with Gasteiger partial charge in [0.1, 0.15) is 0 Å². The number of carboxylic acids is 1. The standard InChI is InChI=1S/C14H14N4O4/c19-12(20)10-6-7-18(8-10)14(21)16-13-15-11(17-22-13)9-4-2-1-3-5-9/h1-5,10H,6-8H2,(H,19,20)(H,15,16,17,21). The van der Waals surface area contributed by atoms with Gasteiger partial charge in [0.25, 0.3) is 0 Å². The Hall–Kier alpha value is -2.90. The summed E-state index contributed by atoms with van der Waals surface area (Å²) >= 11 is 0. The van der Waals surface area contributed by atoms with E-state index in [0.717, 1.165) is 5.56 Å². The number of rotatable bonds is 3. The van der Waals surface area contributed by atoms with Crippen LogP contribution in [0.2, 0.25) is 0 Å². The van der Waals surface area contributed by atoms with Crippen LogP contribution in [0, 0.1) is 5.92 Å². The van der Waals surface area contributed by atoms with Crippen molar-refractivity contribution in [2.75, 3.05) is 18.4 Å². The number of amides is 2. The molecule has 1 aliphatic heterocycles. The average molecular weight is 302 g/mol. The third kappa shape index (κ3) is 2.90. The van der Waals surface area contributed by atoms with E-state index in [1.807, 2.05) is 30.3 Å². The molecule has 1 aliphatic rings. The third-order valence-corrected chi connectivity index (χ3v) is 3.50. The van der Waals surface area contributed by atoms with Crippen molar-refractivity contribution in [3.63, 3.8) is 0 Å². The molecular weight excluding hydrogens is 288 g/mol. The number of aliphatic carboxylic acids is 1. The van der Waals surface area contributed by atoms with E-state index in [1.54, 1.807) is 0 Å². The van der Waals surface area contributed by atoms with Crippen LogP contribution in [0.1, 0.15) is 6.42 Å². The first kappa shape index (κ1) is 14.1. The summed E-state index contributed by atoms with van der Waals surface area (Å²) in [7, 11) is 0. The Balaban J connectivity index is 1.63. The van der Waals surface area contributed by atoms with Gasteiger partial charge < -0.3 is 14.5 Å². The molecule has 2 heterocycles. The van der Waals surface area contributed by atoms with Gasteiger partial charge in [0.15, 0.2) is 0 Å². The van der Waals surface area contributed by atoms with E-state index in [-0.39, 0.29) is 12.6 Å². The van der Waals surface area contributed by atoms with Crippen molar-refractivity contribution in [1.82, 2.24) is 15.0 Å². The topological polar surface area (TPSA) is 109 Å². The number of carboxylic acid groups (broad SMARTS) is 1. The maximum Gasteiger partial charge on any atom is 0.329 e. The fourth-order valence-electron chi connectivity index (χ4n) is 2.30.